The first kappa shape index (κ1) is 21.5. The van der Waals surface area contributed by atoms with Crippen LogP contribution in [-0.2, 0) is 9.53 Å². The van der Waals surface area contributed by atoms with Crippen LogP contribution in [0.25, 0.3) is 28.5 Å². The molecule has 2 fully saturated rings. The summed E-state index contributed by atoms with van der Waals surface area (Å²) in [6.07, 6.45) is 1.67. The van der Waals surface area contributed by atoms with Crippen molar-refractivity contribution in [3.8, 4) is 17.3 Å². The number of aliphatic hydroxyl groups excluding tert-OH is 2. The van der Waals surface area contributed by atoms with Crippen LogP contribution in [0.1, 0.15) is 19.1 Å². The predicted molar refractivity (Wildman–Crippen MR) is 120 cm³/mol. The van der Waals surface area contributed by atoms with Crippen molar-refractivity contribution < 1.29 is 19.7 Å². The van der Waals surface area contributed by atoms with Gasteiger partial charge in [0.2, 0.25) is 0 Å². The Labute approximate surface area is 198 Å². The molecule has 0 spiro atoms. The number of aromatic nitrogens is 8. The first-order chi connectivity index (χ1) is 17.0. The van der Waals surface area contributed by atoms with Gasteiger partial charge in [0.15, 0.2) is 29.3 Å². The van der Waals surface area contributed by atoms with Gasteiger partial charge in [-0.3, -0.25) is 14.3 Å². The third-order valence-electron chi connectivity index (χ3n) is 5.97. The minimum atomic E-state index is -1.42. The SMILES string of the molecule is CNC(=O)[C@H]1O[C@@H](n2cnc3c(NC4CC4)nc(-n4cc(-c5ccccn5)nn4)nc32)[C@H](O)[C@@H]1O. The molecule has 14 nitrogen and oxygen atoms in total. The molecule has 1 saturated heterocycles. The Kier molecular flexibility index (Phi) is 5.12. The molecule has 4 aromatic heterocycles. The van der Waals surface area contributed by atoms with E-state index in [2.05, 4.69) is 40.9 Å². The van der Waals surface area contributed by atoms with Gasteiger partial charge < -0.3 is 25.6 Å². The number of imidazole rings is 1. The quantitative estimate of drug-likeness (QED) is 0.278. The summed E-state index contributed by atoms with van der Waals surface area (Å²) in [5, 5.41) is 35.1. The number of hydrogen-bond acceptors (Lipinski definition) is 11. The standard InChI is InChI=1S/C21H22N10O4/c1-22-19(34)16-14(32)15(33)20(35-16)30-9-24-13-17(25-10-5-6-10)26-21(27-18(13)30)31-8-12(28-29-31)11-4-2-3-7-23-11/h2-4,7-10,14-16,20,32-33H,5-6H2,1H3,(H,22,34)(H,25,26,27)/t14-,15+,16-,20+/m0/s1. The number of carbonyl (C=O) groups is 1. The summed E-state index contributed by atoms with van der Waals surface area (Å²) >= 11 is 0. The molecular weight excluding hydrogens is 456 g/mol. The van der Waals surface area contributed by atoms with Crippen molar-refractivity contribution in [2.75, 3.05) is 12.4 Å². The second kappa shape index (κ2) is 8.33. The van der Waals surface area contributed by atoms with E-state index in [4.69, 9.17) is 4.74 Å². The molecular formula is C21H22N10O4. The van der Waals surface area contributed by atoms with Crippen LogP contribution in [0.15, 0.2) is 36.9 Å². The molecule has 0 aromatic carbocycles. The molecule has 1 saturated carbocycles. The summed E-state index contributed by atoms with van der Waals surface area (Å²) in [4.78, 5) is 30.0. The zero-order chi connectivity index (χ0) is 24.1. The molecule has 5 heterocycles. The highest BCUT2D eigenvalue weighted by atomic mass is 16.6. The number of rotatable bonds is 6. The normalized spacial score (nSPS) is 24.1. The zero-order valence-corrected chi connectivity index (χ0v) is 18.6. The molecule has 2 aliphatic rings. The van der Waals surface area contributed by atoms with E-state index >= 15 is 0 Å². The number of ether oxygens (including phenoxy) is 1. The maximum Gasteiger partial charge on any atom is 0.256 e. The van der Waals surface area contributed by atoms with E-state index in [0.717, 1.165) is 12.8 Å². The zero-order valence-electron chi connectivity index (χ0n) is 18.6. The average Bonchev–Trinajstić information content (AvgIpc) is 3.27. The first-order valence-electron chi connectivity index (χ1n) is 11.1. The Balaban J connectivity index is 1.42. The molecule has 0 radical (unpaired) electrons. The molecule has 1 aliphatic heterocycles. The summed E-state index contributed by atoms with van der Waals surface area (Å²) in [6.45, 7) is 0. The van der Waals surface area contributed by atoms with Crippen LogP contribution in [0.4, 0.5) is 5.82 Å². The number of carbonyl (C=O) groups excluding carboxylic acids is 1. The van der Waals surface area contributed by atoms with E-state index in [1.807, 2.05) is 18.2 Å². The molecule has 6 rings (SSSR count). The monoisotopic (exact) mass is 478 g/mol. The Hall–Kier alpha value is -4.01. The predicted octanol–water partition coefficient (Wildman–Crippen LogP) is -0.592. The maximum absolute atomic E-state index is 12.1. The van der Waals surface area contributed by atoms with Crippen LogP contribution in [0, 0.1) is 0 Å². The lowest BCUT2D eigenvalue weighted by atomic mass is 10.1. The van der Waals surface area contributed by atoms with Gasteiger partial charge in [0.05, 0.1) is 18.2 Å². The van der Waals surface area contributed by atoms with E-state index in [1.54, 1.807) is 12.4 Å². The highest BCUT2D eigenvalue weighted by Crippen LogP contribution is 2.34. The maximum atomic E-state index is 12.1. The van der Waals surface area contributed by atoms with Crippen LogP contribution in [0.5, 0.6) is 0 Å². The lowest BCUT2D eigenvalue weighted by Crippen LogP contribution is -2.41. The van der Waals surface area contributed by atoms with Crippen LogP contribution in [0.2, 0.25) is 0 Å². The van der Waals surface area contributed by atoms with E-state index in [1.165, 1.54) is 22.6 Å². The summed E-state index contributed by atoms with van der Waals surface area (Å²) in [7, 11) is 1.43. The molecule has 4 atom stereocenters. The molecule has 0 bridgehead atoms. The number of nitrogens with one attached hydrogen (secondary N) is 2. The second-order valence-corrected chi connectivity index (χ2v) is 8.42. The number of likely N-dealkylation sites (N-methyl/N-ethyl adjacent to an activating group) is 1. The molecule has 35 heavy (non-hydrogen) atoms. The molecule has 180 valence electrons. The average molecular weight is 478 g/mol. The fourth-order valence-electron chi connectivity index (χ4n) is 3.96. The molecule has 4 aromatic rings. The fraction of sp³-hybridized carbons (Fsp3) is 0.381. The minimum Gasteiger partial charge on any atom is -0.387 e. The first-order valence-corrected chi connectivity index (χ1v) is 11.1. The Morgan fingerprint density at radius 1 is 1.14 bits per heavy atom. The van der Waals surface area contributed by atoms with E-state index in [-0.39, 0.29) is 12.0 Å². The van der Waals surface area contributed by atoms with Crippen molar-refractivity contribution >= 4 is 22.9 Å². The Morgan fingerprint density at radius 3 is 2.74 bits per heavy atom. The number of hydrogen-bond donors (Lipinski definition) is 4. The highest BCUT2D eigenvalue weighted by Gasteiger charge is 2.47. The highest BCUT2D eigenvalue weighted by molar-refractivity contribution is 5.84. The van der Waals surface area contributed by atoms with Gasteiger partial charge >= 0.3 is 0 Å². The largest absolute Gasteiger partial charge is 0.387 e. The lowest BCUT2D eigenvalue weighted by molar-refractivity contribution is -0.137. The summed E-state index contributed by atoms with van der Waals surface area (Å²) < 4.78 is 8.62. The minimum absolute atomic E-state index is 0.216. The summed E-state index contributed by atoms with van der Waals surface area (Å²) in [6, 6.07) is 5.76. The van der Waals surface area contributed by atoms with Crippen LogP contribution < -0.4 is 10.6 Å². The van der Waals surface area contributed by atoms with Gasteiger partial charge in [-0.15, -0.1) is 5.10 Å². The number of aliphatic hydroxyl groups is 2. The van der Waals surface area contributed by atoms with Crippen molar-refractivity contribution in [2.45, 2.75) is 43.4 Å². The van der Waals surface area contributed by atoms with Crippen molar-refractivity contribution in [3.63, 3.8) is 0 Å². The molecule has 4 N–H and O–H groups in total. The van der Waals surface area contributed by atoms with Gasteiger partial charge in [-0.25, -0.2) is 4.98 Å². The lowest BCUT2D eigenvalue weighted by Gasteiger charge is -2.17. The van der Waals surface area contributed by atoms with Gasteiger partial charge in [0.1, 0.15) is 17.9 Å². The molecule has 1 amide bonds. The third-order valence-corrected chi connectivity index (χ3v) is 5.97. The number of anilines is 1. The molecule has 0 unspecified atom stereocenters. The smallest absolute Gasteiger partial charge is 0.256 e. The van der Waals surface area contributed by atoms with Gasteiger partial charge in [-0.1, -0.05) is 11.3 Å². The number of amides is 1. The summed E-state index contributed by atoms with van der Waals surface area (Å²) in [5.41, 5.74) is 1.99. The Bertz CT molecular complexity index is 1390. The topological polar surface area (TPSA) is 178 Å². The third kappa shape index (κ3) is 3.77. The number of nitrogens with zero attached hydrogens (tertiary/aromatic N) is 8. The Morgan fingerprint density at radius 2 is 2.00 bits per heavy atom. The fourth-order valence-corrected chi connectivity index (χ4v) is 3.96. The van der Waals surface area contributed by atoms with E-state index in [0.29, 0.717) is 28.4 Å². The molecule has 1 aliphatic carbocycles. The molecule has 14 heteroatoms. The van der Waals surface area contributed by atoms with Gasteiger partial charge in [0, 0.05) is 19.3 Å². The van der Waals surface area contributed by atoms with Crippen molar-refractivity contribution in [3.05, 3.63) is 36.9 Å². The number of pyridine rings is 1. The van der Waals surface area contributed by atoms with E-state index < -0.39 is 30.4 Å². The van der Waals surface area contributed by atoms with Gasteiger partial charge in [-0.2, -0.15) is 14.6 Å². The van der Waals surface area contributed by atoms with Crippen molar-refractivity contribution in [2.24, 2.45) is 0 Å². The number of fused-ring (bicyclic) bond motifs is 1. The van der Waals surface area contributed by atoms with Crippen LogP contribution in [-0.4, -0.2) is 87.0 Å². The van der Waals surface area contributed by atoms with Crippen LogP contribution >= 0.6 is 0 Å². The van der Waals surface area contributed by atoms with Crippen molar-refractivity contribution in [1.82, 2.24) is 44.8 Å². The van der Waals surface area contributed by atoms with E-state index in [9.17, 15) is 15.0 Å². The summed E-state index contributed by atoms with van der Waals surface area (Å²) in [5.74, 6) is 0.171. The van der Waals surface area contributed by atoms with Crippen molar-refractivity contribution in [1.29, 1.82) is 0 Å². The van der Waals surface area contributed by atoms with Gasteiger partial charge in [-0.05, 0) is 25.0 Å². The van der Waals surface area contributed by atoms with Crippen LogP contribution in [0.3, 0.4) is 0 Å². The van der Waals surface area contributed by atoms with Gasteiger partial charge in [0.25, 0.3) is 11.9 Å². The second-order valence-electron chi connectivity index (χ2n) is 8.42.